The number of anilines is 2. The van der Waals surface area contributed by atoms with Gasteiger partial charge in [0.2, 0.25) is 26.0 Å². The average molecular weight is 486 g/mol. The van der Waals surface area contributed by atoms with E-state index in [0.717, 1.165) is 35.5 Å². The summed E-state index contributed by atoms with van der Waals surface area (Å²) in [5.41, 5.74) is 0.201. The molecule has 3 rings (SSSR count). The summed E-state index contributed by atoms with van der Waals surface area (Å²) in [4.78, 5) is 12.7. The molecule has 0 aromatic heterocycles. The molecule has 1 N–H and O–H groups in total. The van der Waals surface area contributed by atoms with Crippen LogP contribution in [-0.2, 0) is 24.8 Å². The quantitative estimate of drug-likeness (QED) is 0.612. The number of rotatable bonds is 8. The Balaban J connectivity index is 1.86. The number of nitrogens with zero attached hydrogens (tertiary/aromatic N) is 2. The predicted octanol–water partition coefficient (Wildman–Crippen LogP) is 2.02. The highest BCUT2D eigenvalue weighted by molar-refractivity contribution is 7.92. The lowest BCUT2D eigenvalue weighted by Gasteiger charge is -2.22. The third-order valence-corrected chi connectivity index (χ3v) is 7.99. The Morgan fingerprint density at radius 1 is 1.09 bits per heavy atom. The monoisotopic (exact) mass is 485 g/mol. The van der Waals surface area contributed by atoms with Crippen LogP contribution < -0.4 is 14.4 Å². The molecule has 0 radical (unpaired) electrons. The Hall–Kier alpha value is -2.70. The molecule has 0 spiro atoms. The summed E-state index contributed by atoms with van der Waals surface area (Å²) >= 11 is 0. The molecule has 1 aliphatic rings. The van der Waals surface area contributed by atoms with Crippen LogP contribution in [0.5, 0.6) is 5.75 Å². The largest absolute Gasteiger partial charge is 0.495 e. The molecule has 0 aliphatic carbocycles. The van der Waals surface area contributed by atoms with Gasteiger partial charge in [-0.2, -0.15) is 4.31 Å². The Bertz CT molecular complexity index is 1190. The minimum Gasteiger partial charge on any atom is -0.495 e. The van der Waals surface area contributed by atoms with Crippen molar-refractivity contribution in [3.05, 3.63) is 48.3 Å². The summed E-state index contributed by atoms with van der Waals surface area (Å²) in [5.74, 6) is -1.06. The number of sulfonamides is 2. The van der Waals surface area contributed by atoms with Gasteiger partial charge < -0.3 is 10.1 Å². The Morgan fingerprint density at radius 3 is 2.28 bits per heavy atom. The molecule has 0 unspecified atom stereocenters. The van der Waals surface area contributed by atoms with Gasteiger partial charge in [0, 0.05) is 13.1 Å². The highest BCUT2D eigenvalue weighted by Crippen LogP contribution is 2.30. The highest BCUT2D eigenvalue weighted by atomic mass is 32.2. The first-order valence-corrected chi connectivity index (χ1v) is 13.0. The third kappa shape index (κ3) is 5.37. The first-order valence-electron chi connectivity index (χ1n) is 9.73. The zero-order valence-electron chi connectivity index (χ0n) is 17.6. The molecule has 32 heavy (non-hydrogen) atoms. The molecule has 1 saturated heterocycles. The van der Waals surface area contributed by atoms with E-state index in [1.807, 2.05) is 0 Å². The normalized spacial score (nSPS) is 14.8. The minimum atomic E-state index is -3.86. The van der Waals surface area contributed by atoms with E-state index in [1.54, 1.807) is 0 Å². The molecule has 2 aromatic carbocycles. The number of benzene rings is 2. The van der Waals surface area contributed by atoms with E-state index in [0.29, 0.717) is 13.1 Å². The first-order chi connectivity index (χ1) is 15.0. The number of nitrogens with one attached hydrogen (secondary N) is 1. The number of methoxy groups -OCH3 is 1. The maximum absolute atomic E-state index is 13.2. The van der Waals surface area contributed by atoms with E-state index in [9.17, 15) is 26.0 Å². The van der Waals surface area contributed by atoms with Crippen molar-refractivity contribution >= 4 is 37.3 Å². The van der Waals surface area contributed by atoms with E-state index in [2.05, 4.69) is 5.32 Å². The van der Waals surface area contributed by atoms with E-state index in [-0.39, 0.29) is 22.0 Å². The second kappa shape index (κ2) is 9.43. The van der Waals surface area contributed by atoms with Gasteiger partial charge in [-0.1, -0.05) is 0 Å². The summed E-state index contributed by atoms with van der Waals surface area (Å²) in [6.07, 6.45) is 2.49. The summed E-state index contributed by atoms with van der Waals surface area (Å²) < 4.78 is 70.7. The van der Waals surface area contributed by atoms with E-state index in [1.165, 1.54) is 41.7 Å². The van der Waals surface area contributed by atoms with Gasteiger partial charge in [-0.05, 0) is 55.3 Å². The Kier molecular flexibility index (Phi) is 7.06. The smallest absolute Gasteiger partial charge is 0.245 e. The van der Waals surface area contributed by atoms with Gasteiger partial charge in [0.25, 0.3) is 0 Å². The number of carbonyl (C=O) groups is 1. The third-order valence-electron chi connectivity index (χ3n) is 4.95. The fourth-order valence-electron chi connectivity index (χ4n) is 3.35. The predicted molar refractivity (Wildman–Crippen MR) is 118 cm³/mol. The summed E-state index contributed by atoms with van der Waals surface area (Å²) in [7, 11) is -6.23. The summed E-state index contributed by atoms with van der Waals surface area (Å²) in [6, 6.07) is 8.76. The van der Waals surface area contributed by atoms with Crippen LogP contribution in [0.15, 0.2) is 47.4 Å². The van der Waals surface area contributed by atoms with Crippen LogP contribution in [0, 0.1) is 5.82 Å². The van der Waals surface area contributed by atoms with Gasteiger partial charge in [-0.15, -0.1) is 0 Å². The molecule has 1 fully saturated rings. The molecule has 1 aliphatic heterocycles. The highest BCUT2D eigenvalue weighted by Gasteiger charge is 2.28. The van der Waals surface area contributed by atoms with Crippen molar-refractivity contribution in [1.82, 2.24) is 4.31 Å². The lowest BCUT2D eigenvalue weighted by molar-refractivity contribution is -0.114. The summed E-state index contributed by atoms with van der Waals surface area (Å²) in [5, 5.41) is 2.52. The van der Waals surface area contributed by atoms with Crippen LogP contribution in [-0.4, -0.2) is 60.0 Å². The maximum Gasteiger partial charge on any atom is 0.245 e. The fraction of sp³-hybridized carbons (Fsp3) is 0.350. The fourth-order valence-corrected chi connectivity index (χ4v) is 5.75. The molecule has 12 heteroatoms. The summed E-state index contributed by atoms with van der Waals surface area (Å²) in [6.45, 7) is 0.255. The lowest BCUT2D eigenvalue weighted by atomic mass is 10.3. The molecule has 1 heterocycles. The van der Waals surface area contributed by atoms with Crippen LogP contribution >= 0.6 is 0 Å². The van der Waals surface area contributed by atoms with Gasteiger partial charge in [-0.3, -0.25) is 9.10 Å². The zero-order valence-corrected chi connectivity index (χ0v) is 19.2. The van der Waals surface area contributed by atoms with Crippen molar-refractivity contribution in [2.45, 2.75) is 17.7 Å². The van der Waals surface area contributed by atoms with Crippen LogP contribution in [0.25, 0.3) is 0 Å². The van der Waals surface area contributed by atoms with Crippen molar-refractivity contribution < 1.29 is 30.8 Å². The second-order valence-electron chi connectivity index (χ2n) is 7.27. The van der Waals surface area contributed by atoms with Crippen LogP contribution in [0.3, 0.4) is 0 Å². The van der Waals surface area contributed by atoms with Crippen molar-refractivity contribution in [2.75, 3.05) is 42.6 Å². The molecular weight excluding hydrogens is 461 g/mol. The van der Waals surface area contributed by atoms with E-state index in [4.69, 9.17) is 4.74 Å². The van der Waals surface area contributed by atoms with Crippen molar-refractivity contribution in [3.8, 4) is 5.75 Å². The Morgan fingerprint density at radius 2 is 1.72 bits per heavy atom. The van der Waals surface area contributed by atoms with Gasteiger partial charge in [0.15, 0.2) is 0 Å². The molecule has 2 aromatic rings. The van der Waals surface area contributed by atoms with E-state index < -0.39 is 38.3 Å². The second-order valence-corrected chi connectivity index (χ2v) is 11.1. The number of carbonyl (C=O) groups excluding carboxylic acids is 1. The zero-order chi connectivity index (χ0) is 23.5. The van der Waals surface area contributed by atoms with Gasteiger partial charge in [-0.25, -0.2) is 21.2 Å². The number of ether oxygens (including phenoxy) is 1. The standard InChI is InChI=1S/C20H24FN3O6S2/c1-30-19-10-9-17(32(28,29)23-11-3-4-12-23)13-18(19)22-20(25)14-24(31(2,26)27)16-7-5-15(21)6-8-16/h5-10,13H,3-4,11-12,14H2,1-2H3,(H,22,25). The van der Waals surface area contributed by atoms with Gasteiger partial charge in [0.05, 0.1) is 29.6 Å². The maximum atomic E-state index is 13.2. The van der Waals surface area contributed by atoms with Crippen LogP contribution in [0.4, 0.5) is 15.8 Å². The van der Waals surface area contributed by atoms with Gasteiger partial charge in [0.1, 0.15) is 18.1 Å². The molecule has 174 valence electrons. The number of hydrogen-bond donors (Lipinski definition) is 1. The molecular formula is C20H24FN3O6S2. The SMILES string of the molecule is COc1ccc(S(=O)(=O)N2CCCC2)cc1NC(=O)CN(c1ccc(F)cc1)S(C)(=O)=O. The topological polar surface area (TPSA) is 113 Å². The molecule has 0 saturated carbocycles. The number of halogens is 1. The van der Waals surface area contributed by atoms with Gasteiger partial charge >= 0.3 is 0 Å². The van der Waals surface area contributed by atoms with Crippen molar-refractivity contribution in [3.63, 3.8) is 0 Å². The average Bonchev–Trinajstić information content (AvgIpc) is 3.28. The molecule has 9 nitrogen and oxygen atoms in total. The number of hydrogen-bond acceptors (Lipinski definition) is 6. The van der Waals surface area contributed by atoms with Crippen LogP contribution in [0.2, 0.25) is 0 Å². The molecule has 0 atom stereocenters. The molecule has 0 bridgehead atoms. The lowest BCUT2D eigenvalue weighted by Crippen LogP contribution is -2.37. The van der Waals surface area contributed by atoms with Crippen molar-refractivity contribution in [2.24, 2.45) is 0 Å². The Labute approximate surface area is 186 Å². The van der Waals surface area contributed by atoms with Crippen LogP contribution in [0.1, 0.15) is 12.8 Å². The minimum absolute atomic E-state index is 0.00555. The molecule has 1 amide bonds. The van der Waals surface area contributed by atoms with Crippen molar-refractivity contribution in [1.29, 1.82) is 0 Å². The first kappa shape index (κ1) is 24.0. The van der Waals surface area contributed by atoms with E-state index >= 15 is 0 Å². The number of amides is 1.